The molecule has 6 atom stereocenters. The van der Waals surface area contributed by atoms with Gasteiger partial charge in [-0.3, -0.25) is 23.2 Å². The van der Waals surface area contributed by atoms with Gasteiger partial charge in [0.25, 0.3) is 0 Å². The minimum Gasteiger partial charge on any atom is -0.462 e. The number of aliphatic hydroxyl groups is 4. The number of aliphatic hydroxyl groups excluding tert-OH is 4. The number of hydrogen-bond donors (Lipinski definition) is 7. The molecule has 1 rings (SSSR count). The molecule has 0 amide bonds. The van der Waals surface area contributed by atoms with Crippen LogP contribution in [0.1, 0.15) is 65.2 Å². The van der Waals surface area contributed by atoms with Crippen LogP contribution in [0.4, 0.5) is 0 Å². The summed E-state index contributed by atoms with van der Waals surface area (Å²) >= 11 is 0. The van der Waals surface area contributed by atoms with E-state index in [2.05, 4.69) is 4.52 Å². The zero-order chi connectivity index (χ0) is 29.8. The van der Waals surface area contributed by atoms with E-state index >= 15 is 0 Å². The summed E-state index contributed by atoms with van der Waals surface area (Å²) in [6.45, 7) is 2.57. The molecule has 18 heteroatoms. The summed E-state index contributed by atoms with van der Waals surface area (Å²) in [5, 5.41) is 40.5. The molecule has 0 aromatic carbocycles. The number of phosphoric ester groups is 2. The Balaban J connectivity index is 2.84. The second kappa shape index (κ2) is 17.1. The molecule has 230 valence electrons. The Kier molecular flexibility index (Phi) is 15.8. The van der Waals surface area contributed by atoms with Crippen molar-refractivity contribution in [2.75, 3.05) is 13.2 Å². The Bertz CT molecular complexity index is 834. The topological polar surface area (TPSA) is 256 Å². The van der Waals surface area contributed by atoms with E-state index in [1.54, 1.807) is 0 Å². The highest BCUT2D eigenvalue weighted by Crippen LogP contribution is 2.48. The van der Waals surface area contributed by atoms with E-state index < -0.39 is 83.5 Å². The number of hydrogen-bond acceptors (Lipinski definition) is 13. The number of ether oxygens (including phenoxy) is 2. The molecular formula is C21H40O16P2. The van der Waals surface area contributed by atoms with Crippen LogP contribution in [-0.4, -0.2) is 103 Å². The predicted molar refractivity (Wildman–Crippen MR) is 131 cm³/mol. The Morgan fingerprint density at radius 3 is 1.64 bits per heavy atom. The van der Waals surface area contributed by atoms with E-state index in [0.29, 0.717) is 12.8 Å². The Labute approximate surface area is 226 Å². The molecule has 0 aromatic heterocycles. The van der Waals surface area contributed by atoms with Gasteiger partial charge in [0.15, 0.2) is 6.10 Å². The van der Waals surface area contributed by atoms with Crippen molar-refractivity contribution in [2.45, 2.75) is 108 Å². The van der Waals surface area contributed by atoms with Crippen LogP contribution in [0.5, 0.6) is 0 Å². The van der Waals surface area contributed by atoms with Crippen LogP contribution in [-0.2, 0) is 41.8 Å². The zero-order valence-electron chi connectivity index (χ0n) is 21.8. The smallest absolute Gasteiger partial charge is 0.462 e. The van der Waals surface area contributed by atoms with Gasteiger partial charge in [0.05, 0.1) is 6.61 Å². The number of carbonyl (C=O) groups is 2. The van der Waals surface area contributed by atoms with E-state index in [4.69, 9.17) is 28.3 Å². The minimum absolute atomic E-state index is 0.0379. The molecule has 39 heavy (non-hydrogen) atoms. The molecule has 6 unspecified atom stereocenters. The molecule has 0 aliphatic heterocycles. The molecule has 0 radical (unpaired) electrons. The largest absolute Gasteiger partial charge is 0.472 e. The molecule has 0 saturated heterocycles. The molecule has 7 N–H and O–H groups in total. The first-order chi connectivity index (χ1) is 18.1. The normalized spacial score (nSPS) is 27.9. The maximum Gasteiger partial charge on any atom is 0.472 e. The predicted octanol–water partition coefficient (Wildman–Crippen LogP) is 0.0393. The van der Waals surface area contributed by atoms with Gasteiger partial charge < -0.3 is 44.6 Å². The quantitative estimate of drug-likeness (QED) is 0.0614. The first-order valence-electron chi connectivity index (χ1n) is 12.6. The molecule has 16 nitrogen and oxygen atoms in total. The average Bonchev–Trinajstić information content (AvgIpc) is 2.85. The van der Waals surface area contributed by atoms with Crippen molar-refractivity contribution in [3.8, 4) is 0 Å². The first kappa shape index (κ1) is 36.0. The maximum atomic E-state index is 12.5. The maximum absolute atomic E-state index is 12.5. The summed E-state index contributed by atoms with van der Waals surface area (Å²) in [5.74, 6) is -1.25. The summed E-state index contributed by atoms with van der Waals surface area (Å²) < 4.78 is 47.6. The zero-order valence-corrected chi connectivity index (χ0v) is 23.6. The first-order valence-corrected chi connectivity index (χ1v) is 15.6. The number of phosphoric acid groups is 2. The lowest BCUT2D eigenvalue weighted by Crippen LogP contribution is -2.64. The summed E-state index contributed by atoms with van der Waals surface area (Å²) in [4.78, 5) is 52.0. The highest BCUT2D eigenvalue weighted by Gasteiger charge is 2.54. The lowest BCUT2D eigenvalue weighted by Gasteiger charge is -2.43. The van der Waals surface area contributed by atoms with Gasteiger partial charge in [0.2, 0.25) is 0 Å². The van der Waals surface area contributed by atoms with Crippen LogP contribution in [0, 0.1) is 0 Å². The monoisotopic (exact) mass is 610 g/mol. The van der Waals surface area contributed by atoms with E-state index in [0.717, 1.165) is 25.7 Å². The molecule has 0 aromatic rings. The van der Waals surface area contributed by atoms with Gasteiger partial charge in [-0.25, -0.2) is 9.13 Å². The summed E-state index contributed by atoms with van der Waals surface area (Å²) in [5.41, 5.74) is 0. The number of carbonyl (C=O) groups excluding carboxylic acids is 2. The molecule has 0 bridgehead atoms. The number of unbranched alkanes of at least 4 members (excludes halogenated alkanes) is 4. The molecule has 1 fully saturated rings. The molecule has 0 heterocycles. The number of rotatable bonds is 18. The van der Waals surface area contributed by atoms with E-state index in [-0.39, 0.29) is 12.8 Å². The van der Waals surface area contributed by atoms with Crippen molar-refractivity contribution in [1.82, 2.24) is 0 Å². The van der Waals surface area contributed by atoms with Gasteiger partial charge in [-0.2, -0.15) is 0 Å². The van der Waals surface area contributed by atoms with Crippen LogP contribution in [0.25, 0.3) is 0 Å². The van der Waals surface area contributed by atoms with Crippen molar-refractivity contribution in [1.29, 1.82) is 0 Å². The van der Waals surface area contributed by atoms with Gasteiger partial charge in [-0.05, 0) is 12.8 Å². The Hall–Kier alpha value is -1.00. The van der Waals surface area contributed by atoms with Crippen LogP contribution in [0.3, 0.4) is 0 Å². The van der Waals surface area contributed by atoms with E-state index in [1.165, 1.54) is 0 Å². The molecular weight excluding hydrogens is 570 g/mol. The lowest BCUT2D eigenvalue weighted by atomic mass is 9.85. The second-order valence-corrected chi connectivity index (χ2v) is 11.7. The summed E-state index contributed by atoms with van der Waals surface area (Å²) in [6.07, 6.45) is -10.2. The number of esters is 2. The highest BCUT2D eigenvalue weighted by molar-refractivity contribution is 7.47. The summed E-state index contributed by atoms with van der Waals surface area (Å²) in [6, 6.07) is 0. The lowest BCUT2D eigenvalue weighted by molar-refractivity contribution is -0.216. The van der Waals surface area contributed by atoms with Crippen LogP contribution >= 0.6 is 15.6 Å². The van der Waals surface area contributed by atoms with Crippen LogP contribution in [0.15, 0.2) is 0 Å². The van der Waals surface area contributed by atoms with Gasteiger partial charge in [0.1, 0.15) is 43.2 Å². The van der Waals surface area contributed by atoms with Crippen LogP contribution in [0.2, 0.25) is 0 Å². The van der Waals surface area contributed by atoms with Gasteiger partial charge in [0, 0.05) is 12.8 Å². The Morgan fingerprint density at radius 2 is 1.18 bits per heavy atom. The van der Waals surface area contributed by atoms with Crippen molar-refractivity contribution < 1.29 is 76.9 Å². The van der Waals surface area contributed by atoms with Crippen molar-refractivity contribution in [3.05, 3.63) is 0 Å². The molecule has 1 saturated carbocycles. The van der Waals surface area contributed by atoms with Crippen LogP contribution < -0.4 is 0 Å². The molecule has 1 aliphatic rings. The summed E-state index contributed by atoms with van der Waals surface area (Å²) in [7, 11) is -10.5. The standard InChI is InChI=1S/C21H40O16P2/c1-3-5-7-9-14(22)33-11-13(35-15(23)10-8-6-4-2)12-34-39(31,32)37-21-18(26)16(24)20(17(25)19(21)27)36-38(28,29)30/h13,16-21,24-27H,3-12H2,1-2H3,(H,31,32)(H2,28,29,30). The van der Waals surface area contributed by atoms with Crippen molar-refractivity contribution in [2.24, 2.45) is 0 Å². The van der Waals surface area contributed by atoms with Crippen molar-refractivity contribution in [3.63, 3.8) is 0 Å². The third kappa shape index (κ3) is 13.5. The van der Waals surface area contributed by atoms with Crippen molar-refractivity contribution >= 4 is 27.6 Å². The van der Waals surface area contributed by atoms with E-state index in [1.807, 2.05) is 13.8 Å². The van der Waals surface area contributed by atoms with Gasteiger partial charge in [-0.15, -0.1) is 0 Å². The fourth-order valence-corrected chi connectivity index (χ4v) is 5.15. The SMILES string of the molecule is CCCCCC(=O)OCC(COP(=O)(O)OC1C(O)C(O)C(OP(=O)(O)O)C(O)C1O)OC(=O)CCCCC. The minimum atomic E-state index is -5.28. The molecule has 0 spiro atoms. The molecule has 1 aliphatic carbocycles. The van der Waals surface area contributed by atoms with Gasteiger partial charge in [-0.1, -0.05) is 39.5 Å². The second-order valence-electron chi connectivity index (χ2n) is 9.07. The van der Waals surface area contributed by atoms with E-state index in [9.17, 15) is 44.0 Å². The third-order valence-corrected chi connectivity index (χ3v) is 7.18. The van der Waals surface area contributed by atoms with Gasteiger partial charge >= 0.3 is 27.6 Å². The fourth-order valence-electron chi connectivity index (χ4n) is 3.61. The third-order valence-electron chi connectivity index (χ3n) is 5.68. The fraction of sp³-hybridized carbons (Fsp3) is 0.905. The highest BCUT2D eigenvalue weighted by atomic mass is 31.2. The average molecular weight is 610 g/mol. The Morgan fingerprint density at radius 1 is 0.718 bits per heavy atom.